The van der Waals surface area contributed by atoms with E-state index >= 15 is 0 Å². The highest BCUT2D eigenvalue weighted by molar-refractivity contribution is 7.16. The van der Waals surface area contributed by atoms with Crippen molar-refractivity contribution in [2.75, 3.05) is 18.5 Å². The lowest BCUT2D eigenvalue weighted by Gasteiger charge is -2.21. The molecule has 2 aromatic rings. The van der Waals surface area contributed by atoms with Crippen LogP contribution in [0.15, 0.2) is 17.6 Å². The molecule has 1 aromatic carbocycles. The quantitative estimate of drug-likeness (QED) is 0.889. The van der Waals surface area contributed by atoms with Gasteiger partial charge in [0.1, 0.15) is 11.1 Å². The van der Waals surface area contributed by atoms with Gasteiger partial charge in [-0.25, -0.2) is 4.98 Å². The third kappa shape index (κ3) is 2.21. The van der Waals surface area contributed by atoms with Gasteiger partial charge in [-0.05, 0) is 18.6 Å². The second-order valence-corrected chi connectivity index (χ2v) is 5.83. The Morgan fingerprint density at radius 2 is 2.42 bits per heavy atom. The Kier molecular flexibility index (Phi) is 3.18. The van der Waals surface area contributed by atoms with Crippen LogP contribution < -0.4 is 11.1 Å². The average Bonchev–Trinajstić information content (AvgIpc) is 3.02. The molecule has 0 spiro atoms. The van der Waals surface area contributed by atoms with Crippen molar-refractivity contribution in [3.8, 4) is 0 Å². The second kappa shape index (κ2) is 4.72. The predicted octanol–water partition coefficient (Wildman–Crippen LogP) is 2.01. The zero-order valence-corrected chi connectivity index (χ0v) is 11.6. The summed E-state index contributed by atoms with van der Waals surface area (Å²) in [4.78, 5) is 16.5. The van der Waals surface area contributed by atoms with E-state index in [0.717, 1.165) is 4.70 Å². The van der Waals surface area contributed by atoms with E-state index in [1.165, 1.54) is 11.3 Å². The van der Waals surface area contributed by atoms with Gasteiger partial charge in [-0.2, -0.15) is 0 Å². The lowest BCUT2D eigenvalue weighted by atomic mass is 9.99. The Labute approximate surface area is 118 Å². The lowest BCUT2D eigenvalue weighted by molar-refractivity contribution is -0.121. The number of hydrogen-bond donors (Lipinski definition) is 2. The maximum absolute atomic E-state index is 12.3. The number of anilines is 1. The molecule has 1 amide bonds. The van der Waals surface area contributed by atoms with Crippen LogP contribution in [-0.4, -0.2) is 29.6 Å². The van der Waals surface area contributed by atoms with Gasteiger partial charge in [0, 0.05) is 6.61 Å². The molecule has 1 aliphatic rings. The van der Waals surface area contributed by atoms with Crippen LogP contribution in [0.3, 0.4) is 0 Å². The summed E-state index contributed by atoms with van der Waals surface area (Å²) in [6.45, 7) is 0.724. The maximum atomic E-state index is 12.3. The van der Waals surface area contributed by atoms with Crippen molar-refractivity contribution in [1.82, 2.24) is 4.98 Å². The molecule has 5 nitrogen and oxygen atoms in total. The molecule has 1 aromatic heterocycles. The summed E-state index contributed by atoms with van der Waals surface area (Å²) >= 11 is 7.63. The number of aromatic nitrogens is 1. The van der Waals surface area contributed by atoms with Crippen LogP contribution in [0.25, 0.3) is 10.2 Å². The number of nitrogens with one attached hydrogen (secondary N) is 1. The van der Waals surface area contributed by atoms with Crippen molar-refractivity contribution in [1.29, 1.82) is 0 Å². The van der Waals surface area contributed by atoms with Gasteiger partial charge in [0.05, 0.1) is 27.5 Å². The molecule has 3 rings (SSSR count). The van der Waals surface area contributed by atoms with Crippen LogP contribution in [0.4, 0.5) is 5.69 Å². The molecule has 19 heavy (non-hydrogen) atoms. The van der Waals surface area contributed by atoms with Crippen molar-refractivity contribution in [3.05, 3.63) is 22.7 Å². The van der Waals surface area contributed by atoms with Gasteiger partial charge in [0.25, 0.3) is 0 Å². The molecule has 7 heteroatoms. The highest BCUT2D eigenvalue weighted by atomic mass is 35.5. The number of hydrogen-bond acceptors (Lipinski definition) is 5. The standard InChI is InChI=1S/C12H12ClN3O2S/c13-7-1-2-8-10(15-6-19-8)9(7)16-11(17)12(14)3-4-18-5-12/h1-2,6H,3-5,14H2,(H,16,17). The fourth-order valence-corrected chi connectivity index (χ4v) is 2.91. The van der Waals surface area contributed by atoms with Gasteiger partial charge < -0.3 is 15.8 Å². The minimum atomic E-state index is -0.985. The summed E-state index contributed by atoms with van der Waals surface area (Å²) in [5.74, 6) is -0.285. The Morgan fingerprint density at radius 1 is 1.58 bits per heavy atom. The van der Waals surface area contributed by atoms with Crippen LogP contribution in [0, 0.1) is 0 Å². The van der Waals surface area contributed by atoms with E-state index in [0.29, 0.717) is 29.3 Å². The SMILES string of the molecule is NC1(C(=O)Nc2c(Cl)ccc3scnc23)CCOC1. The first-order valence-corrected chi connectivity index (χ1v) is 7.06. The first kappa shape index (κ1) is 12.8. The number of halogens is 1. The fourth-order valence-electron chi connectivity index (χ4n) is 2.02. The molecule has 1 unspecified atom stereocenters. The average molecular weight is 298 g/mol. The molecule has 0 saturated carbocycles. The van der Waals surface area contributed by atoms with Gasteiger partial charge in [-0.15, -0.1) is 11.3 Å². The fraction of sp³-hybridized carbons (Fsp3) is 0.333. The van der Waals surface area contributed by atoms with Gasteiger partial charge in [0.2, 0.25) is 5.91 Å². The van der Waals surface area contributed by atoms with E-state index in [9.17, 15) is 4.79 Å². The number of amides is 1. The third-order valence-electron chi connectivity index (χ3n) is 3.19. The number of fused-ring (bicyclic) bond motifs is 1. The van der Waals surface area contributed by atoms with Crippen LogP contribution in [0.1, 0.15) is 6.42 Å². The summed E-state index contributed by atoms with van der Waals surface area (Å²) in [6, 6.07) is 3.62. The monoisotopic (exact) mass is 297 g/mol. The zero-order chi connectivity index (χ0) is 13.5. The van der Waals surface area contributed by atoms with Crippen molar-refractivity contribution >= 4 is 44.7 Å². The number of carbonyl (C=O) groups excluding carboxylic acids is 1. The van der Waals surface area contributed by atoms with Gasteiger partial charge >= 0.3 is 0 Å². The van der Waals surface area contributed by atoms with Gasteiger partial charge in [-0.3, -0.25) is 4.79 Å². The molecule has 1 atom stereocenters. The first-order valence-electron chi connectivity index (χ1n) is 5.80. The molecule has 0 bridgehead atoms. The molecular formula is C12H12ClN3O2S. The number of nitrogens with two attached hydrogens (primary N) is 1. The van der Waals surface area contributed by atoms with E-state index in [-0.39, 0.29) is 12.5 Å². The Balaban J connectivity index is 1.95. The molecule has 0 aliphatic carbocycles. The van der Waals surface area contributed by atoms with Gasteiger partial charge in [0.15, 0.2) is 0 Å². The van der Waals surface area contributed by atoms with Crippen molar-refractivity contribution in [2.24, 2.45) is 5.73 Å². The Bertz CT molecular complexity index is 637. The number of benzene rings is 1. The number of thiazole rings is 1. The molecule has 1 saturated heterocycles. The summed E-state index contributed by atoms with van der Waals surface area (Å²) < 4.78 is 6.16. The number of ether oxygens (including phenoxy) is 1. The number of nitrogens with zero attached hydrogens (tertiary/aromatic N) is 1. The van der Waals surface area contributed by atoms with Crippen molar-refractivity contribution in [2.45, 2.75) is 12.0 Å². The minimum absolute atomic E-state index is 0.226. The largest absolute Gasteiger partial charge is 0.379 e. The van der Waals surface area contributed by atoms with Crippen LogP contribution >= 0.6 is 22.9 Å². The second-order valence-electron chi connectivity index (χ2n) is 4.53. The number of carbonyl (C=O) groups is 1. The molecule has 0 radical (unpaired) electrons. The lowest BCUT2D eigenvalue weighted by Crippen LogP contribution is -2.51. The molecule has 1 fully saturated rings. The third-order valence-corrected chi connectivity index (χ3v) is 4.30. The number of rotatable bonds is 2. The van der Waals surface area contributed by atoms with E-state index in [4.69, 9.17) is 22.1 Å². The van der Waals surface area contributed by atoms with Crippen LogP contribution in [-0.2, 0) is 9.53 Å². The Morgan fingerprint density at radius 3 is 3.16 bits per heavy atom. The smallest absolute Gasteiger partial charge is 0.247 e. The van der Waals surface area contributed by atoms with E-state index < -0.39 is 5.54 Å². The van der Waals surface area contributed by atoms with Gasteiger partial charge in [-0.1, -0.05) is 11.6 Å². The summed E-state index contributed by atoms with van der Waals surface area (Å²) in [6.07, 6.45) is 0.503. The molecule has 1 aliphatic heterocycles. The van der Waals surface area contributed by atoms with Crippen molar-refractivity contribution in [3.63, 3.8) is 0 Å². The molecular weight excluding hydrogens is 286 g/mol. The first-order chi connectivity index (χ1) is 9.10. The normalized spacial score (nSPS) is 22.8. The molecule has 100 valence electrons. The topological polar surface area (TPSA) is 77.2 Å². The maximum Gasteiger partial charge on any atom is 0.247 e. The van der Waals surface area contributed by atoms with E-state index in [2.05, 4.69) is 10.3 Å². The minimum Gasteiger partial charge on any atom is -0.379 e. The molecule has 2 heterocycles. The highest BCUT2D eigenvalue weighted by Crippen LogP contribution is 2.33. The Hall–Kier alpha value is -1.21. The summed E-state index contributed by atoms with van der Waals surface area (Å²) in [5, 5.41) is 3.24. The van der Waals surface area contributed by atoms with Crippen molar-refractivity contribution < 1.29 is 9.53 Å². The van der Waals surface area contributed by atoms with E-state index in [1.807, 2.05) is 6.07 Å². The predicted molar refractivity (Wildman–Crippen MR) is 75.6 cm³/mol. The van der Waals surface area contributed by atoms with Crippen LogP contribution in [0.5, 0.6) is 0 Å². The molecule has 3 N–H and O–H groups in total. The summed E-state index contributed by atoms with van der Waals surface area (Å²) in [5.41, 5.74) is 7.96. The zero-order valence-electron chi connectivity index (χ0n) is 9.98. The van der Waals surface area contributed by atoms with E-state index in [1.54, 1.807) is 11.6 Å². The van der Waals surface area contributed by atoms with Crippen LogP contribution in [0.2, 0.25) is 5.02 Å². The highest BCUT2D eigenvalue weighted by Gasteiger charge is 2.38. The summed E-state index contributed by atoms with van der Waals surface area (Å²) in [7, 11) is 0.